The molecule has 112 valence electrons. The summed E-state index contributed by atoms with van der Waals surface area (Å²) in [5.41, 5.74) is 0.265. The third kappa shape index (κ3) is 3.07. The van der Waals surface area contributed by atoms with Crippen molar-refractivity contribution in [3.63, 3.8) is 0 Å². The van der Waals surface area contributed by atoms with Crippen LogP contribution in [0.15, 0.2) is 18.2 Å². The van der Waals surface area contributed by atoms with E-state index in [4.69, 9.17) is 5.11 Å². The number of benzene rings is 1. The summed E-state index contributed by atoms with van der Waals surface area (Å²) in [5, 5.41) is 16.6. The van der Waals surface area contributed by atoms with Crippen molar-refractivity contribution >= 4 is 5.97 Å². The highest BCUT2D eigenvalue weighted by Crippen LogP contribution is 2.25. The van der Waals surface area contributed by atoms with Crippen molar-refractivity contribution in [2.75, 3.05) is 0 Å². The van der Waals surface area contributed by atoms with Crippen molar-refractivity contribution in [3.05, 3.63) is 46.8 Å². The van der Waals surface area contributed by atoms with E-state index in [-0.39, 0.29) is 12.2 Å². The Morgan fingerprint density at radius 2 is 1.95 bits per heavy atom. The molecule has 0 aliphatic heterocycles. The number of carboxylic acids is 1. The molecule has 21 heavy (non-hydrogen) atoms. The summed E-state index contributed by atoms with van der Waals surface area (Å²) in [6.07, 6.45) is 0. The molecule has 0 saturated carbocycles. The van der Waals surface area contributed by atoms with Gasteiger partial charge < -0.3 is 5.11 Å². The van der Waals surface area contributed by atoms with Crippen LogP contribution in [0, 0.1) is 11.6 Å². The van der Waals surface area contributed by atoms with Gasteiger partial charge in [-0.3, -0.25) is 0 Å². The lowest BCUT2D eigenvalue weighted by Crippen LogP contribution is -2.22. The van der Waals surface area contributed by atoms with Crippen molar-refractivity contribution < 1.29 is 18.7 Å². The Balaban J connectivity index is 2.45. The summed E-state index contributed by atoms with van der Waals surface area (Å²) in [6, 6.07) is 3.51. The van der Waals surface area contributed by atoms with Gasteiger partial charge in [0.1, 0.15) is 0 Å². The van der Waals surface area contributed by atoms with Crippen molar-refractivity contribution in [2.24, 2.45) is 0 Å². The van der Waals surface area contributed by atoms with Crippen LogP contribution in [-0.4, -0.2) is 26.1 Å². The van der Waals surface area contributed by atoms with Crippen LogP contribution in [0.25, 0.3) is 0 Å². The summed E-state index contributed by atoms with van der Waals surface area (Å²) >= 11 is 0. The maximum absolute atomic E-state index is 13.2. The van der Waals surface area contributed by atoms with E-state index < -0.39 is 23.0 Å². The number of hydrogen-bond donors (Lipinski definition) is 1. The standard InChI is InChI=1S/C14H15F2N3O2/c1-14(2,3)12-11(13(20)21)17-18-19(12)7-8-4-5-9(15)10(16)6-8/h4-6H,7H2,1-3H3,(H,20,21). The number of nitrogens with zero attached hydrogens (tertiary/aromatic N) is 3. The van der Waals surface area contributed by atoms with Crippen LogP contribution in [0.1, 0.15) is 42.5 Å². The summed E-state index contributed by atoms with van der Waals surface area (Å²) in [7, 11) is 0. The smallest absolute Gasteiger partial charge is 0.358 e. The zero-order chi connectivity index (χ0) is 15.8. The molecule has 0 atom stereocenters. The Labute approximate surface area is 120 Å². The second-order valence-corrected chi connectivity index (χ2v) is 5.75. The van der Waals surface area contributed by atoms with E-state index >= 15 is 0 Å². The lowest BCUT2D eigenvalue weighted by molar-refractivity contribution is 0.0687. The maximum Gasteiger partial charge on any atom is 0.358 e. The van der Waals surface area contributed by atoms with E-state index in [0.29, 0.717) is 11.3 Å². The molecule has 0 saturated heterocycles. The highest BCUT2D eigenvalue weighted by Gasteiger charge is 2.29. The second kappa shape index (κ2) is 5.23. The van der Waals surface area contributed by atoms with E-state index in [0.717, 1.165) is 12.1 Å². The predicted octanol–water partition coefficient (Wildman–Crippen LogP) is 2.60. The molecule has 1 aromatic carbocycles. The van der Waals surface area contributed by atoms with Gasteiger partial charge in [-0.25, -0.2) is 18.3 Å². The topological polar surface area (TPSA) is 68.0 Å². The molecule has 0 amide bonds. The number of rotatable bonds is 3. The van der Waals surface area contributed by atoms with Crippen molar-refractivity contribution in [2.45, 2.75) is 32.7 Å². The Kier molecular flexibility index (Phi) is 3.76. The van der Waals surface area contributed by atoms with Gasteiger partial charge in [-0.2, -0.15) is 0 Å². The van der Waals surface area contributed by atoms with E-state index in [1.54, 1.807) is 0 Å². The van der Waals surface area contributed by atoms with Gasteiger partial charge in [0, 0.05) is 5.41 Å². The van der Waals surface area contributed by atoms with Crippen molar-refractivity contribution in [1.82, 2.24) is 15.0 Å². The van der Waals surface area contributed by atoms with Gasteiger partial charge in [0.05, 0.1) is 12.2 Å². The minimum absolute atomic E-state index is 0.115. The van der Waals surface area contributed by atoms with Crippen LogP contribution >= 0.6 is 0 Å². The van der Waals surface area contributed by atoms with Crippen molar-refractivity contribution in [3.8, 4) is 0 Å². The lowest BCUT2D eigenvalue weighted by Gasteiger charge is -2.20. The molecule has 5 nitrogen and oxygen atoms in total. The van der Waals surface area contributed by atoms with Crippen LogP contribution in [0.3, 0.4) is 0 Å². The van der Waals surface area contributed by atoms with Gasteiger partial charge in [-0.15, -0.1) is 5.10 Å². The van der Waals surface area contributed by atoms with Gasteiger partial charge in [-0.1, -0.05) is 32.1 Å². The Morgan fingerprint density at radius 3 is 2.48 bits per heavy atom. The quantitative estimate of drug-likeness (QED) is 0.945. The molecule has 2 rings (SSSR count). The lowest BCUT2D eigenvalue weighted by atomic mass is 9.90. The molecule has 0 aliphatic carbocycles. The summed E-state index contributed by atoms with van der Waals surface area (Å²) in [5.74, 6) is -3.06. The van der Waals surface area contributed by atoms with Crippen LogP contribution in [0.5, 0.6) is 0 Å². The third-order valence-corrected chi connectivity index (χ3v) is 2.96. The monoisotopic (exact) mass is 295 g/mol. The average Bonchev–Trinajstić information content (AvgIpc) is 2.77. The molecule has 1 N–H and O–H groups in total. The van der Waals surface area contributed by atoms with Crippen LogP contribution in [-0.2, 0) is 12.0 Å². The number of carboxylic acid groups (broad SMARTS) is 1. The van der Waals surface area contributed by atoms with Gasteiger partial charge in [0.15, 0.2) is 17.3 Å². The highest BCUT2D eigenvalue weighted by molar-refractivity contribution is 5.86. The number of carbonyl (C=O) groups is 1. The van der Waals surface area contributed by atoms with Gasteiger partial charge in [0.25, 0.3) is 0 Å². The fraction of sp³-hybridized carbons (Fsp3) is 0.357. The molecule has 0 aliphatic rings. The molecule has 1 heterocycles. The SMILES string of the molecule is CC(C)(C)c1c(C(=O)O)nnn1Cc1ccc(F)c(F)c1. The predicted molar refractivity (Wildman–Crippen MR) is 71.1 cm³/mol. The van der Waals surface area contributed by atoms with Gasteiger partial charge in [-0.05, 0) is 17.7 Å². The number of halogens is 2. The minimum Gasteiger partial charge on any atom is -0.476 e. The normalized spacial score (nSPS) is 11.7. The first kappa shape index (κ1) is 15.1. The summed E-state index contributed by atoms with van der Waals surface area (Å²) < 4.78 is 27.6. The Morgan fingerprint density at radius 1 is 1.29 bits per heavy atom. The fourth-order valence-corrected chi connectivity index (χ4v) is 2.12. The van der Waals surface area contributed by atoms with E-state index in [2.05, 4.69) is 10.3 Å². The first-order valence-corrected chi connectivity index (χ1v) is 6.31. The largest absolute Gasteiger partial charge is 0.476 e. The first-order valence-electron chi connectivity index (χ1n) is 6.31. The summed E-state index contributed by atoms with van der Waals surface area (Å²) in [6.45, 7) is 5.61. The minimum atomic E-state index is -1.17. The molecule has 1 aromatic heterocycles. The molecule has 2 aromatic rings. The molecular weight excluding hydrogens is 280 g/mol. The second-order valence-electron chi connectivity index (χ2n) is 5.75. The van der Waals surface area contributed by atoms with Gasteiger partial charge in [0.2, 0.25) is 0 Å². The molecule has 0 fully saturated rings. The fourth-order valence-electron chi connectivity index (χ4n) is 2.12. The van der Waals surface area contributed by atoms with Gasteiger partial charge >= 0.3 is 5.97 Å². The highest BCUT2D eigenvalue weighted by atomic mass is 19.2. The molecule has 0 spiro atoms. The number of aromatic carboxylic acids is 1. The Bertz CT molecular complexity index is 690. The molecular formula is C14H15F2N3O2. The van der Waals surface area contributed by atoms with E-state index in [1.165, 1.54) is 10.7 Å². The van der Waals surface area contributed by atoms with Crippen molar-refractivity contribution in [1.29, 1.82) is 0 Å². The average molecular weight is 295 g/mol. The molecule has 0 radical (unpaired) electrons. The van der Waals surface area contributed by atoms with Crippen LogP contribution in [0.2, 0.25) is 0 Å². The maximum atomic E-state index is 13.2. The zero-order valence-electron chi connectivity index (χ0n) is 11.9. The molecule has 7 heteroatoms. The van der Waals surface area contributed by atoms with Crippen LogP contribution < -0.4 is 0 Å². The van der Waals surface area contributed by atoms with E-state index in [1.807, 2.05) is 20.8 Å². The summed E-state index contributed by atoms with van der Waals surface area (Å²) in [4.78, 5) is 11.2. The zero-order valence-corrected chi connectivity index (χ0v) is 11.9. The Hall–Kier alpha value is -2.31. The number of aromatic nitrogens is 3. The molecule has 0 bridgehead atoms. The number of hydrogen-bond acceptors (Lipinski definition) is 3. The van der Waals surface area contributed by atoms with E-state index in [9.17, 15) is 13.6 Å². The first-order chi connectivity index (χ1) is 9.70. The van der Waals surface area contributed by atoms with Crippen LogP contribution in [0.4, 0.5) is 8.78 Å². The molecule has 0 unspecified atom stereocenters. The third-order valence-electron chi connectivity index (χ3n) is 2.96.